The number of fused-ring (bicyclic) bond motifs is 1. The van der Waals surface area contributed by atoms with E-state index in [1.165, 1.54) is 5.56 Å². The molecule has 0 spiro atoms. The third-order valence-electron chi connectivity index (χ3n) is 3.35. The van der Waals surface area contributed by atoms with Crippen LogP contribution >= 0.6 is 0 Å². The highest BCUT2D eigenvalue weighted by Crippen LogP contribution is 2.16. The van der Waals surface area contributed by atoms with Crippen LogP contribution in [0.3, 0.4) is 0 Å². The lowest BCUT2D eigenvalue weighted by Gasteiger charge is -2.08. The van der Waals surface area contributed by atoms with Gasteiger partial charge >= 0.3 is 0 Å². The Bertz CT molecular complexity index is 751. The normalized spacial score (nSPS) is 10.8. The van der Waals surface area contributed by atoms with Gasteiger partial charge in [0.25, 0.3) is 0 Å². The molecule has 0 bridgehead atoms. The Kier molecular flexibility index (Phi) is 3.73. The largest absolute Gasteiger partial charge is 0.497 e. The lowest BCUT2D eigenvalue weighted by Crippen LogP contribution is -2.07. The second-order valence-corrected chi connectivity index (χ2v) is 4.92. The topological polar surface area (TPSA) is 51.5 Å². The maximum atomic E-state index is 5.24. The van der Waals surface area contributed by atoms with Crippen molar-refractivity contribution in [2.45, 2.75) is 13.3 Å². The number of nitrogens with one attached hydrogen (secondary N) is 1. The predicted molar refractivity (Wildman–Crippen MR) is 82.9 cm³/mol. The number of nitrogens with zero attached hydrogens (tertiary/aromatic N) is 3. The van der Waals surface area contributed by atoms with Crippen molar-refractivity contribution >= 4 is 11.3 Å². The molecule has 0 saturated heterocycles. The van der Waals surface area contributed by atoms with E-state index in [0.717, 1.165) is 35.7 Å². The molecule has 0 unspecified atom stereocenters. The van der Waals surface area contributed by atoms with E-state index in [1.807, 2.05) is 35.8 Å². The number of hydrogen-bond acceptors (Lipinski definition) is 4. The van der Waals surface area contributed by atoms with Crippen LogP contribution in [-0.2, 0) is 6.42 Å². The predicted octanol–water partition coefficient (Wildman–Crippen LogP) is 2.70. The lowest BCUT2D eigenvalue weighted by atomic mass is 10.1. The molecule has 108 valence electrons. The molecule has 2 heterocycles. The van der Waals surface area contributed by atoms with Crippen LogP contribution in [0.4, 0.5) is 5.82 Å². The second-order valence-electron chi connectivity index (χ2n) is 4.92. The van der Waals surface area contributed by atoms with Crippen LogP contribution in [0.5, 0.6) is 5.75 Å². The van der Waals surface area contributed by atoms with Crippen molar-refractivity contribution in [2.75, 3.05) is 19.0 Å². The van der Waals surface area contributed by atoms with Gasteiger partial charge < -0.3 is 10.1 Å². The van der Waals surface area contributed by atoms with Gasteiger partial charge in [0.05, 0.1) is 12.8 Å². The number of hydrogen-bond donors (Lipinski definition) is 1. The van der Waals surface area contributed by atoms with Crippen LogP contribution in [0.1, 0.15) is 11.3 Å². The first-order valence-corrected chi connectivity index (χ1v) is 6.94. The molecule has 2 aromatic heterocycles. The summed E-state index contributed by atoms with van der Waals surface area (Å²) in [7, 11) is 1.68. The first-order valence-electron chi connectivity index (χ1n) is 6.94. The van der Waals surface area contributed by atoms with E-state index < -0.39 is 0 Å². The first-order chi connectivity index (χ1) is 10.3. The van der Waals surface area contributed by atoms with Crippen molar-refractivity contribution < 1.29 is 4.74 Å². The molecule has 0 aliphatic heterocycles. The Hall–Kier alpha value is -2.56. The molecule has 0 atom stereocenters. The zero-order chi connectivity index (χ0) is 14.7. The highest BCUT2D eigenvalue weighted by atomic mass is 16.5. The molecule has 1 N–H and O–H groups in total. The molecule has 3 aromatic rings. The van der Waals surface area contributed by atoms with Gasteiger partial charge in [-0.05, 0) is 37.1 Å². The number of benzene rings is 1. The minimum Gasteiger partial charge on any atom is -0.497 e. The van der Waals surface area contributed by atoms with Crippen LogP contribution < -0.4 is 10.1 Å². The number of aryl methyl sites for hydroxylation is 1. The van der Waals surface area contributed by atoms with Crippen molar-refractivity contribution in [1.82, 2.24) is 14.6 Å². The third-order valence-corrected chi connectivity index (χ3v) is 3.35. The average molecular weight is 282 g/mol. The van der Waals surface area contributed by atoms with Crippen LogP contribution in [0.2, 0.25) is 0 Å². The Balaban J connectivity index is 1.69. The molecule has 5 nitrogen and oxygen atoms in total. The maximum Gasteiger partial charge on any atom is 0.152 e. The van der Waals surface area contributed by atoms with Crippen LogP contribution in [0, 0.1) is 6.92 Å². The Morgan fingerprint density at radius 2 is 2.19 bits per heavy atom. The van der Waals surface area contributed by atoms with E-state index in [9.17, 15) is 0 Å². The lowest BCUT2D eigenvalue weighted by molar-refractivity contribution is 0.414. The summed E-state index contributed by atoms with van der Waals surface area (Å²) in [5.41, 5.74) is 3.22. The first kappa shape index (κ1) is 13.4. The van der Waals surface area contributed by atoms with E-state index in [2.05, 4.69) is 27.5 Å². The Morgan fingerprint density at radius 3 is 3.05 bits per heavy atom. The van der Waals surface area contributed by atoms with Crippen molar-refractivity contribution in [2.24, 2.45) is 0 Å². The fourth-order valence-corrected chi connectivity index (χ4v) is 2.33. The third kappa shape index (κ3) is 2.97. The van der Waals surface area contributed by atoms with Gasteiger partial charge in [-0.2, -0.15) is 5.10 Å². The van der Waals surface area contributed by atoms with Crippen LogP contribution in [0.15, 0.2) is 42.7 Å². The maximum absolute atomic E-state index is 5.24. The smallest absolute Gasteiger partial charge is 0.152 e. The van der Waals surface area contributed by atoms with Crippen LogP contribution in [-0.4, -0.2) is 28.3 Å². The summed E-state index contributed by atoms with van der Waals surface area (Å²) in [4.78, 5) is 4.39. The Morgan fingerprint density at radius 1 is 1.29 bits per heavy atom. The molecule has 3 rings (SSSR count). The van der Waals surface area contributed by atoms with E-state index in [-0.39, 0.29) is 0 Å². The summed E-state index contributed by atoms with van der Waals surface area (Å²) in [6.45, 7) is 2.79. The van der Waals surface area contributed by atoms with Crippen molar-refractivity contribution in [3.63, 3.8) is 0 Å². The Labute approximate surface area is 123 Å². The molecule has 0 saturated carbocycles. The quantitative estimate of drug-likeness (QED) is 0.781. The SMILES string of the molecule is COc1cccc(CCNc2nccn3nc(C)cc23)c1. The zero-order valence-electron chi connectivity index (χ0n) is 12.2. The second kappa shape index (κ2) is 5.83. The van der Waals surface area contributed by atoms with E-state index in [0.29, 0.717) is 0 Å². The van der Waals surface area contributed by atoms with Gasteiger partial charge in [0, 0.05) is 18.9 Å². The molecule has 0 radical (unpaired) electrons. The standard InChI is InChI=1S/C16H18N4O/c1-12-10-15-16(18-8-9-20(15)19-12)17-7-6-13-4-3-5-14(11-13)21-2/h3-5,8-11H,6-7H2,1-2H3,(H,17,18). The fourth-order valence-electron chi connectivity index (χ4n) is 2.33. The van der Waals surface area contributed by atoms with Crippen molar-refractivity contribution in [1.29, 1.82) is 0 Å². The van der Waals surface area contributed by atoms with Crippen LogP contribution in [0.25, 0.3) is 5.52 Å². The number of methoxy groups -OCH3 is 1. The summed E-state index contributed by atoms with van der Waals surface area (Å²) in [5, 5.41) is 7.76. The number of rotatable bonds is 5. The van der Waals surface area contributed by atoms with Gasteiger partial charge in [-0.3, -0.25) is 0 Å². The van der Waals surface area contributed by atoms with E-state index >= 15 is 0 Å². The fraction of sp³-hybridized carbons (Fsp3) is 0.250. The van der Waals surface area contributed by atoms with Crippen molar-refractivity contribution in [3.05, 3.63) is 54.0 Å². The molecular formula is C16H18N4O. The summed E-state index contributed by atoms with van der Waals surface area (Å²) < 4.78 is 7.08. The monoisotopic (exact) mass is 282 g/mol. The molecule has 0 aliphatic rings. The zero-order valence-corrected chi connectivity index (χ0v) is 12.2. The minimum absolute atomic E-state index is 0.810. The molecule has 1 aromatic carbocycles. The van der Waals surface area contributed by atoms with Crippen molar-refractivity contribution in [3.8, 4) is 5.75 Å². The van der Waals surface area contributed by atoms with Gasteiger partial charge in [0.2, 0.25) is 0 Å². The van der Waals surface area contributed by atoms with E-state index in [1.54, 1.807) is 13.3 Å². The molecule has 0 amide bonds. The van der Waals surface area contributed by atoms with Gasteiger partial charge in [0.15, 0.2) is 5.82 Å². The minimum atomic E-state index is 0.810. The molecule has 0 fully saturated rings. The summed E-state index contributed by atoms with van der Waals surface area (Å²) in [6.07, 6.45) is 4.52. The van der Waals surface area contributed by atoms with E-state index in [4.69, 9.17) is 4.74 Å². The molecule has 21 heavy (non-hydrogen) atoms. The molecule has 5 heteroatoms. The summed E-state index contributed by atoms with van der Waals surface area (Å²) in [5.74, 6) is 1.75. The highest BCUT2D eigenvalue weighted by Gasteiger charge is 2.04. The summed E-state index contributed by atoms with van der Waals surface area (Å²) in [6, 6.07) is 10.1. The number of ether oxygens (including phenoxy) is 1. The molecular weight excluding hydrogens is 264 g/mol. The van der Waals surface area contributed by atoms with Gasteiger partial charge in [-0.1, -0.05) is 12.1 Å². The highest BCUT2D eigenvalue weighted by molar-refractivity contribution is 5.67. The van der Waals surface area contributed by atoms with Gasteiger partial charge in [-0.25, -0.2) is 9.50 Å². The van der Waals surface area contributed by atoms with Gasteiger partial charge in [-0.15, -0.1) is 0 Å². The summed E-state index contributed by atoms with van der Waals surface area (Å²) >= 11 is 0. The average Bonchev–Trinajstić information content (AvgIpc) is 2.88. The number of anilines is 1. The van der Waals surface area contributed by atoms with Gasteiger partial charge in [0.1, 0.15) is 11.3 Å². The molecule has 0 aliphatic carbocycles. The number of aromatic nitrogens is 3.